The van der Waals surface area contributed by atoms with Crippen LogP contribution in [0.25, 0.3) is 0 Å². The Kier molecular flexibility index (Phi) is 13.1. The summed E-state index contributed by atoms with van der Waals surface area (Å²) in [5.74, 6) is 1.22. The first-order valence-electron chi connectivity index (χ1n) is 13.5. The van der Waals surface area contributed by atoms with Crippen LogP contribution in [0.3, 0.4) is 0 Å². The molecule has 2 aliphatic carbocycles. The maximum absolute atomic E-state index is 12.5. The molecule has 10 heteroatoms. The molecular weight excluding hydrogens is 595 g/mol. The van der Waals surface area contributed by atoms with Gasteiger partial charge in [0.15, 0.2) is 11.6 Å². The van der Waals surface area contributed by atoms with Gasteiger partial charge in [0, 0.05) is 28.9 Å². The van der Waals surface area contributed by atoms with Crippen LogP contribution in [0.4, 0.5) is 0 Å². The van der Waals surface area contributed by atoms with Crippen molar-refractivity contribution in [3.8, 4) is 5.75 Å². The number of benzene rings is 4. The number of Topliss-reactive ketones (excluding diaryl/α,β-unsaturated/α-hetero) is 2. The number of ether oxygens (including phenoxy) is 1. The Morgan fingerprint density at radius 2 is 1.19 bits per heavy atom. The van der Waals surface area contributed by atoms with Crippen LogP contribution >= 0.6 is 0 Å². The van der Waals surface area contributed by atoms with Gasteiger partial charge in [-0.15, -0.1) is 0 Å². The topological polar surface area (TPSA) is 118 Å². The average Bonchev–Trinajstić information content (AvgIpc) is 3.02. The van der Waals surface area contributed by atoms with Crippen LogP contribution in [-0.2, 0) is 33.8 Å². The number of aryl methyl sites for hydroxylation is 2. The molecule has 0 radical (unpaired) electrons. The maximum atomic E-state index is 12.5. The van der Waals surface area contributed by atoms with Crippen LogP contribution in [-0.4, -0.2) is 35.9 Å². The third kappa shape index (κ3) is 9.04. The van der Waals surface area contributed by atoms with Gasteiger partial charge in [-0.3, -0.25) is 13.8 Å². The van der Waals surface area contributed by atoms with Gasteiger partial charge in [0.25, 0.3) is 0 Å². The van der Waals surface area contributed by atoms with Gasteiger partial charge in [0.05, 0.1) is 16.9 Å². The standard InChI is InChI=1S/C16H14O3S.C11H12O2.C6H6O2S.Na/c17-16-8-4-5-12-11-14(9-10-15(12)16)20(18,19)13-6-2-1-3-7-13;1-13-9-5-6-10-8(7-9)3-2-4-11(10)12;7-9(8)6-4-2-1-3-5-6;/h1-3,6-7,9-11H,4-5,8H2;5-7H,2-4H2,1H3;1-5H,(H,7,8);/q;;;+1/p-1. The van der Waals surface area contributed by atoms with Crippen molar-refractivity contribution in [3.05, 3.63) is 119 Å². The van der Waals surface area contributed by atoms with Crippen LogP contribution < -0.4 is 34.3 Å². The molecule has 0 aliphatic heterocycles. The molecule has 0 heterocycles. The average molecular weight is 627 g/mol. The molecule has 43 heavy (non-hydrogen) atoms. The molecule has 0 fully saturated rings. The molecule has 0 bridgehead atoms. The number of hydrogen-bond donors (Lipinski definition) is 0. The van der Waals surface area contributed by atoms with Crippen molar-refractivity contribution in [1.82, 2.24) is 0 Å². The number of sulfone groups is 1. The summed E-state index contributed by atoms with van der Waals surface area (Å²) in [6.07, 6.45) is 4.77. The van der Waals surface area contributed by atoms with Gasteiger partial charge < -0.3 is 9.29 Å². The fourth-order valence-electron chi connectivity index (χ4n) is 4.81. The van der Waals surface area contributed by atoms with Gasteiger partial charge in [-0.05, 0) is 109 Å². The first-order chi connectivity index (χ1) is 20.2. The van der Waals surface area contributed by atoms with E-state index in [0.29, 0.717) is 23.3 Å². The predicted molar refractivity (Wildman–Crippen MR) is 159 cm³/mol. The summed E-state index contributed by atoms with van der Waals surface area (Å²) in [6, 6.07) is 27.1. The van der Waals surface area contributed by atoms with E-state index in [-0.39, 0.29) is 50.9 Å². The first-order valence-corrected chi connectivity index (χ1v) is 16.1. The zero-order valence-corrected chi connectivity index (χ0v) is 27.8. The third-order valence-corrected chi connectivity index (χ3v) is 9.41. The monoisotopic (exact) mass is 626 g/mol. The maximum Gasteiger partial charge on any atom is 1.00 e. The number of fused-ring (bicyclic) bond motifs is 2. The molecule has 1 atom stereocenters. The third-order valence-electron chi connectivity index (χ3n) is 6.99. The molecule has 7 nitrogen and oxygen atoms in total. The van der Waals surface area contributed by atoms with Gasteiger partial charge in [0.1, 0.15) is 5.75 Å². The summed E-state index contributed by atoms with van der Waals surface area (Å²) in [5.41, 5.74) is 3.53. The van der Waals surface area contributed by atoms with Crippen LogP contribution in [0, 0.1) is 0 Å². The Morgan fingerprint density at radius 3 is 1.70 bits per heavy atom. The van der Waals surface area contributed by atoms with Crippen molar-refractivity contribution in [3.63, 3.8) is 0 Å². The van der Waals surface area contributed by atoms with E-state index in [2.05, 4.69) is 0 Å². The molecule has 0 amide bonds. The van der Waals surface area contributed by atoms with Gasteiger partial charge in [-0.1, -0.05) is 36.4 Å². The molecule has 0 aromatic heterocycles. The molecule has 0 saturated heterocycles. The number of hydrogen-bond acceptors (Lipinski definition) is 7. The normalized spacial score (nSPS) is 14.3. The van der Waals surface area contributed by atoms with Crippen LogP contribution in [0.5, 0.6) is 5.75 Å². The second kappa shape index (κ2) is 16.2. The number of carbonyl (C=O) groups excluding carboxylic acids is 2. The number of rotatable bonds is 4. The quantitative estimate of drug-likeness (QED) is 0.252. The largest absolute Gasteiger partial charge is 1.00 e. The number of carbonyl (C=O) groups is 2. The molecule has 6 rings (SSSR count). The van der Waals surface area contributed by atoms with E-state index in [4.69, 9.17) is 4.74 Å². The van der Waals surface area contributed by atoms with Crippen LogP contribution in [0.2, 0.25) is 0 Å². The zero-order valence-electron chi connectivity index (χ0n) is 24.2. The van der Waals surface area contributed by atoms with E-state index in [9.17, 15) is 26.8 Å². The molecule has 4 aromatic carbocycles. The number of methoxy groups -OCH3 is 1. The minimum absolute atomic E-state index is 0. The number of ketones is 2. The Hall–Kier alpha value is -2.92. The van der Waals surface area contributed by atoms with Gasteiger partial charge in [-0.25, -0.2) is 8.42 Å². The Labute approximate surface area is 277 Å². The van der Waals surface area contributed by atoms with Crippen LogP contribution in [0.15, 0.2) is 112 Å². The second-order valence-corrected chi connectivity index (χ2v) is 12.7. The second-order valence-electron chi connectivity index (χ2n) is 9.76. The SMILES string of the molecule is COc1ccc2c(c1)CCCC2=O.O=C1CCCc2cc(S(=O)(=O)c3ccccc3)ccc21.O=S([O-])c1ccccc1.[Na+]. The Balaban J connectivity index is 0.000000190. The van der Waals surface area contributed by atoms with E-state index in [1.807, 2.05) is 18.2 Å². The fraction of sp³-hybridized carbons (Fsp3) is 0.212. The van der Waals surface area contributed by atoms with Crippen molar-refractivity contribution in [2.24, 2.45) is 0 Å². The molecular formula is C33H31NaO7S2. The summed E-state index contributed by atoms with van der Waals surface area (Å²) < 4.78 is 50.5. The van der Waals surface area contributed by atoms with E-state index in [1.54, 1.807) is 79.9 Å². The first kappa shape index (κ1) is 34.6. The van der Waals surface area contributed by atoms with Crippen molar-refractivity contribution in [1.29, 1.82) is 0 Å². The molecule has 0 saturated carbocycles. The van der Waals surface area contributed by atoms with Crippen molar-refractivity contribution < 1.29 is 61.1 Å². The van der Waals surface area contributed by atoms with Crippen molar-refractivity contribution in [2.75, 3.05) is 7.11 Å². The summed E-state index contributed by atoms with van der Waals surface area (Å²) in [6.45, 7) is 0. The molecule has 2 aliphatic rings. The Morgan fingerprint density at radius 1 is 0.674 bits per heavy atom. The fourth-order valence-corrected chi connectivity index (χ4v) is 6.52. The van der Waals surface area contributed by atoms with Gasteiger partial charge in [-0.2, -0.15) is 0 Å². The molecule has 0 N–H and O–H groups in total. The van der Waals surface area contributed by atoms with Crippen molar-refractivity contribution >= 4 is 32.5 Å². The smallest absolute Gasteiger partial charge is 0.768 e. The molecule has 0 spiro atoms. The van der Waals surface area contributed by atoms with E-state index < -0.39 is 20.9 Å². The summed E-state index contributed by atoms with van der Waals surface area (Å²) in [5, 5.41) is 0. The molecule has 1 unspecified atom stereocenters. The zero-order chi connectivity index (χ0) is 30.1. The van der Waals surface area contributed by atoms with E-state index in [1.165, 1.54) is 6.07 Å². The van der Waals surface area contributed by atoms with Gasteiger partial charge in [0.2, 0.25) is 9.84 Å². The minimum atomic E-state index is -3.50. The molecule has 4 aromatic rings. The predicted octanol–water partition coefficient (Wildman–Crippen LogP) is 3.18. The van der Waals surface area contributed by atoms with Crippen LogP contribution in [0.1, 0.15) is 57.5 Å². The molecule has 218 valence electrons. The van der Waals surface area contributed by atoms with Crippen molar-refractivity contribution in [2.45, 2.75) is 53.2 Å². The van der Waals surface area contributed by atoms with E-state index in [0.717, 1.165) is 48.1 Å². The summed E-state index contributed by atoms with van der Waals surface area (Å²) in [7, 11) is -1.86. The summed E-state index contributed by atoms with van der Waals surface area (Å²) >= 11 is -2.08. The Bertz CT molecular complexity index is 1690. The van der Waals surface area contributed by atoms with Gasteiger partial charge >= 0.3 is 29.6 Å². The summed E-state index contributed by atoms with van der Waals surface area (Å²) in [4.78, 5) is 24.1. The van der Waals surface area contributed by atoms with E-state index >= 15 is 0 Å². The minimum Gasteiger partial charge on any atom is -0.768 e.